The summed E-state index contributed by atoms with van der Waals surface area (Å²) < 4.78 is 6.10. The topological polar surface area (TPSA) is 29.5 Å². The lowest BCUT2D eigenvalue weighted by Crippen LogP contribution is -2.25. The van der Waals surface area contributed by atoms with Gasteiger partial charge in [0.05, 0.1) is 11.6 Å². The number of nitrogens with zero attached hydrogens (tertiary/aromatic N) is 1. The van der Waals surface area contributed by atoms with Crippen LogP contribution in [0.3, 0.4) is 0 Å². The molecule has 0 aromatic heterocycles. The van der Waals surface area contributed by atoms with Gasteiger partial charge in [0.1, 0.15) is 5.75 Å². The molecule has 0 unspecified atom stereocenters. The Morgan fingerprint density at radius 3 is 2.87 bits per heavy atom. The van der Waals surface area contributed by atoms with Crippen molar-refractivity contribution in [3.05, 3.63) is 22.2 Å². The largest absolute Gasteiger partial charge is 0.496 e. The van der Waals surface area contributed by atoms with E-state index in [0.29, 0.717) is 0 Å². The van der Waals surface area contributed by atoms with E-state index in [0.717, 1.165) is 28.9 Å². The van der Waals surface area contributed by atoms with Gasteiger partial charge in [-0.05, 0) is 40.0 Å². The molecule has 0 atom stereocenters. The van der Waals surface area contributed by atoms with Crippen molar-refractivity contribution in [1.82, 2.24) is 0 Å². The van der Waals surface area contributed by atoms with E-state index in [4.69, 9.17) is 4.74 Å². The number of carbonyl (C=O) groups excluding carboxylic acids is 1. The van der Waals surface area contributed by atoms with Crippen molar-refractivity contribution in [2.75, 3.05) is 18.6 Å². The summed E-state index contributed by atoms with van der Waals surface area (Å²) in [6, 6.07) is 3.94. The Morgan fingerprint density at radius 1 is 1.53 bits per heavy atom. The van der Waals surface area contributed by atoms with Gasteiger partial charge in [0, 0.05) is 19.2 Å². The van der Waals surface area contributed by atoms with Crippen LogP contribution in [0, 0.1) is 0 Å². The Balaban J connectivity index is 2.47. The third-order valence-electron chi connectivity index (χ3n) is 2.63. The van der Waals surface area contributed by atoms with E-state index in [1.807, 2.05) is 12.1 Å². The summed E-state index contributed by atoms with van der Waals surface area (Å²) in [6.07, 6.45) is 0.901. The number of hydrogen-bond donors (Lipinski definition) is 0. The number of anilines is 1. The minimum Gasteiger partial charge on any atom is -0.496 e. The molecule has 1 heterocycles. The number of benzene rings is 1. The maximum absolute atomic E-state index is 11.4. The molecule has 1 amide bonds. The van der Waals surface area contributed by atoms with Crippen molar-refractivity contribution in [2.24, 2.45) is 0 Å². The Bertz CT molecular complexity index is 417. The summed E-state index contributed by atoms with van der Waals surface area (Å²) in [7, 11) is 1.64. The van der Waals surface area contributed by atoms with Crippen LogP contribution in [-0.2, 0) is 11.2 Å². The van der Waals surface area contributed by atoms with E-state index >= 15 is 0 Å². The van der Waals surface area contributed by atoms with Crippen LogP contribution in [0.2, 0.25) is 0 Å². The Labute approximate surface area is 97.2 Å². The van der Waals surface area contributed by atoms with E-state index in [2.05, 4.69) is 15.9 Å². The number of rotatable bonds is 1. The summed E-state index contributed by atoms with van der Waals surface area (Å²) in [5.74, 6) is 0.907. The molecule has 4 heteroatoms. The van der Waals surface area contributed by atoms with Crippen molar-refractivity contribution >= 4 is 27.5 Å². The number of hydrogen-bond acceptors (Lipinski definition) is 2. The van der Waals surface area contributed by atoms with Crippen molar-refractivity contribution in [3.63, 3.8) is 0 Å². The van der Waals surface area contributed by atoms with Gasteiger partial charge in [-0.3, -0.25) is 4.79 Å². The summed E-state index contributed by atoms with van der Waals surface area (Å²) in [5, 5.41) is 0. The molecule has 0 spiro atoms. The molecule has 0 radical (unpaired) electrons. The predicted molar refractivity (Wildman–Crippen MR) is 62.4 cm³/mol. The fraction of sp³-hybridized carbons (Fsp3) is 0.364. The van der Waals surface area contributed by atoms with E-state index in [1.165, 1.54) is 5.56 Å². The van der Waals surface area contributed by atoms with Gasteiger partial charge in [0.15, 0.2) is 0 Å². The molecule has 2 rings (SSSR count). The minimum absolute atomic E-state index is 0.0887. The zero-order chi connectivity index (χ0) is 11.0. The molecule has 1 aromatic carbocycles. The average molecular weight is 270 g/mol. The maximum Gasteiger partial charge on any atom is 0.223 e. The number of carbonyl (C=O) groups is 1. The third kappa shape index (κ3) is 1.74. The van der Waals surface area contributed by atoms with Gasteiger partial charge in [0.25, 0.3) is 0 Å². The molecular formula is C11H12BrNO2. The highest BCUT2D eigenvalue weighted by molar-refractivity contribution is 9.10. The van der Waals surface area contributed by atoms with E-state index in [1.54, 1.807) is 18.9 Å². The molecule has 1 aliphatic heterocycles. The minimum atomic E-state index is 0.0887. The first-order valence-corrected chi connectivity index (χ1v) is 5.57. The highest BCUT2D eigenvalue weighted by Gasteiger charge is 2.23. The molecule has 0 fully saturated rings. The van der Waals surface area contributed by atoms with Gasteiger partial charge in [-0.2, -0.15) is 0 Å². The quantitative estimate of drug-likeness (QED) is 0.784. The summed E-state index contributed by atoms with van der Waals surface area (Å²) in [5.41, 5.74) is 2.17. The molecule has 0 saturated heterocycles. The van der Waals surface area contributed by atoms with Gasteiger partial charge >= 0.3 is 0 Å². The fourth-order valence-corrected chi connectivity index (χ4v) is 2.37. The van der Waals surface area contributed by atoms with Gasteiger partial charge in [0.2, 0.25) is 5.91 Å². The molecule has 3 nitrogen and oxygen atoms in total. The zero-order valence-electron chi connectivity index (χ0n) is 8.71. The first kappa shape index (κ1) is 10.5. The highest BCUT2D eigenvalue weighted by atomic mass is 79.9. The fourth-order valence-electron chi connectivity index (χ4n) is 1.87. The summed E-state index contributed by atoms with van der Waals surface area (Å²) >= 11 is 3.42. The lowest BCUT2D eigenvalue weighted by atomic mass is 10.1. The number of halogens is 1. The van der Waals surface area contributed by atoms with Crippen molar-refractivity contribution in [1.29, 1.82) is 0 Å². The van der Waals surface area contributed by atoms with Crippen LogP contribution in [-0.4, -0.2) is 19.6 Å². The first-order chi connectivity index (χ1) is 7.13. The second-order valence-electron chi connectivity index (χ2n) is 3.54. The third-order valence-corrected chi connectivity index (χ3v) is 3.25. The van der Waals surface area contributed by atoms with Crippen LogP contribution in [0.15, 0.2) is 16.6 Å². The lowest BCUT2D eigenvalue weighted by molar-refractivity contribution is -0.116. The second kappa shape index (κ2) is 3.85. The monoisotopic (exact) mass is 269 g/mol. The van der Waals surface area contributed by atoms with Crippen molar-refractivity contribution < 1.29 is 9.53 Å². The van der Waals surface area contributed by atoms with Gasteiger partial charge in [-0.15, -0.1) is 0 Å². The molecule has 1 aromatic rings. The van der Waals surface area contributed by atoms with Crippen LogP contribution in [0.25, 0.3) is 0 Å². The average Bonchev–Trinajstić information content (AvgIpc) is 2.59. The number of ether oxygens (including phenoxy) is 1. The molecule has 0 saturated carbocycles. The number of amides is 1. The van der Waals surface area contributed by atoms with Crippen LogP contribution in [0.4, 0.5) is 5.69 Å². The molecule has 1 aliphatic rings. The van der Waals surface area contributed by atoms with Crippen LogP contribution in [0.5, 0.6) is 5.75 Å². The predicted octanol–water partition coefficient (Wildman–Crippen LogP) is 2.37. The zero-order valence-corrected chi connectivity index (χ0v) is 10.3. The van der Waals surface area contributed by atoms with Gasteiger partial charge in [-0.1, -0.05) is 0 Å². The van der Waals surface area contributed by atoms with E-state index < -0.39 is 0 Å². The van der Waals surface area contributed by atoms with Gasteiger partial charge in [-0.25, -0.2) is 0 Å². The SMILES string of the molecule is COc1cc2c(cc1Br)N(C(C)=O)CC2. The van der Waals surface area contributed by atoms with E-state index in [9.17, 15) is 4.79 Å². The van der Waals surface area contributed by atoms with Crippen molar-refractivity contribution in [2.45, 2.75) is 13.3 Å². The number of methoxy groups -OCH3 is 1. The highest BCUT2D eigenvalue weighted by Crippen LogP contribution is 2.36. The lowest BCUT2D eigenvalue weighted by Gasteiger charge is -2.15. The Kier molecular flexibility index (Phi) is 2.69. The molecule has 15 heavy (non-hydrogen) atoms. The standard InChI is InChI=1S/C11H12BrNO2/c1-7(14)13-4-3-8-5-11(15-2)9(12)6-10(8)13/h5-6H,3-4H2,1-2H3. The smallest absolute Gasteiger partial charge is 0.223 e. The van der Waals surface area contributed by atoms with Crippen LogP contribution < -0.4 is 9.64 Å². The van der Waals surface area contributed by atoms with Crippen LogP contribution in [0.1, 0.15) is 12.5 Å². The normalized spacial score (nSPS) is 13.9. The first-order valence-electron chi connectivity index (χ1n) is 4.78. The van der Waals surface area contributed by atoms with Crippen LogP contribution >= 0.6 is 15.9 Å². The Morgan fingerprint density at radius 2 is 2.27 bits per heavy atom. The van der Waals surface area contributed by atoms with Crippen molar-refractivity contribution in [3.8, 4) is 5.75 Å². The molecule has 0 N–H and O–H groups in total. The number of fused-ring (bicyclic) bond motifs is 1. The summed E-state index contributed by atoms with van der Waals surface area (Å²) in [4.78, 5) is 13.1. The Hall–Kier alpha value is -1.03. The molecule has 80 valence electrons. The molecule has 0 bridgehead atoms. The van der Waals surface area contributed by atoms with Gasteiger partial charge < -0.3 is 9.64 Å². The molecule has 0 aliphatic carbocycles. The summed E-state index contributed by atoms with van der Waals surface area (Å²) in [6.45, 7) is 2.36. The van der Waals surface area contributed by atoms with E-state index in [-0.39, 0.29) is 5.91 Å². The maximum atomic E-state index is 11.4. The second-order valence-corrected chi connectivity index (χ2v) is 4.39. The molecular weight excluding hydrogens is 258 g/mol.